The molecule has 0 amide bonds. The molecule has 13 heavy (non-hydrogen) atoms. The standard InChI is InChI=1S/C10H14FNO/c11-7-10(13)9(12)6-8-4-2-1-3-5-8/h1-5,9-10,13H,6-7,12H2/t9-,10-/m1/s1. The number of halogens is 1. The molecule has 0 heterocycles. The molecule has 0 saturated carbocycles. The zero-order valence-electron chi connectivity index (χ0n) is 7.36. The van der Waals surface area contributed by atoms with E-state index < -0.39 is 18.8 Å². The van der Waals surface area contributed by atoms with Crippen molar-refractivity contribution in [1.29, 1.82) is 0 Å². The molecular weight excluding hydrogens is 169 g/mol. The van der Waals surface area contributed by atoms with Crippen molar-refractivity contribution in [3.8, 4) is 0 Å². The van der Waals surface area contributed by atoms with E-state index in [-0.39, 0.29) is 0 Å². The Kier molecular flexibility index (Phi) is 3.86. The van der Waals surface area contributed by atoms with Gasteiger partial charge in [-0.3, -0.25) is 0 Å². The highest BCUT2D eigenvalue weighted by molar-refractivity contribution is 5.16. The number of hydrogen-bond acceptors (Lipinski definition) is 2. The van der Waals surface area contributed by atoms with Gasteiger partial charge in [0.2, 0.25) is 0 Å². The lowest BCUT2D eigenvalue weighted by Gasteiger charge is -2.15. The van der Waals surface area contributed by atoms with Crippen LogP contribution < -0.4 is 5.73 Å². The Morgan fingerprint density at radius 3 is 2.46 bits per heavy atom. The van der Waals surface area contributed by atoms with Gasteiger partial charge in [0.05, 0.1) is 6.10 Å². The van der Waals surface area contributed by atoms with Crippen LogP contribution in [0.15, 0.2) is 30.3 Å². The van der Waals surface area contributed by atoms with Crippen molar-refractivity contribution in [2.24, 2.45) is 5.73 Å². The first-order valence-corrected chi connectivity index (χ1v) is 4.27. The predicted molar refractivity (Wildman–Crippen MR) is 50.1 cm³/mol. The zero-order valence-corrected chi connectivity index (χ0v) is 7.36. The molecule has 1 aromatic rings. The lowest BCUT2D eigenvalue weighted by atomic mass is 10.0. The molecule has 1 rings (SSSR count). The number of nitrogens with two attached hydrogens (primary N) is 1. The second-order valence-electron chi connectivity index (χ2n) is 3.08. The maximum atomic E-state index is 12.0. The van der Waals surface area contributed by atoms with E-state index in [1.54, 1.807) is 0 Å². The summed E-state index contributed by atoms with van der Waals surface area (Å²) >= 11 is 0. The van der Waals surface area contributed by atoms with E-state index in [9.17, 15) is 4.39 Å². The highest BCUT2D eigenvalue weighted by Gasteiger charge is 2.14. The summed E-state index contributed by atoms with van der Waals surface area (Å²) in [4.78, 5) is 0. The molecule has 3 heteroatoms. The van der Waals surface area contributed by atoms with Gasteiger partial charge in [-0.15, -0.1) is 0 Å². The number of rotatable bonds is 4. The molecule has 0 unspecified atom stereocenters. The van der Waals surface area contributed by atoms with Crippen LogP contribution in [0.4, 0.5) is 4.39 Å². The van der Waals surface area contributed by atoms with E-state index in [2.05, 4.69) is 0 Å². The second-order valence-corrected chi connectivity index (χ2v) is 3.08. The maximum absolute atomic E-state index is 12.0. The minimum atomic E-state index is -1.06. The van der Waals surface area contributed by atoms with E-state index in [1.165, 1.54) is 0 Å². The largest absolute Gasteiger partial charge is 0.389 e. The smallest absolute Gasteiger partial charge is 0.117 e. The van der Waals surface area contributed by atoms with Crippen LogP contribution in [0.25, 0.3) is 0 Å². The fraction of sp³-hybridized carbons (Fsp3) is 0.400. The van der Waals surface area contributed by atoms with Gasteiger partial charge in [-0.05, 0) is 12.0 Å². The van der Waals surface area contributed by atoms with Gasteiger partial charge in [0.15, 0.2) is 0 Å². The summed E-state index contributed by atoms with van der Waals surface area (Å²) in [5.74, 6) is 0. The van der Waals surface area contributed by atoms with Gasteiger partial charge < -0.3 is 10.8 Å². The van der Waals surface area contributed by atoms with Crippen LogP contribution in [0.2, 0.25) is 0 Å². The summed E-state index contributed by atoms with van der Waals surface area (Å²) in [6.45, 7) is -0.784. The van der Waals surface area contributed by atoms with Crippen LogP contribution in [0.1, 0.15) is 5.56 Å². The summed E-state index contributed by atoms with van der Waals surface area (Å²) in [6, 6.07) is 8.98. The van der Waals surface area contributed by atoms with E-state index in [0.29, 0.717) is 6.42 Å². The average molecular weight is 183 g/mol. The summed E-state index contributed by atoms with van der Waals surface area (Å²) in [5, 5.41) is 9.09. The molecule has 0 spiro atoms. The Morgan fingerprint density at radius 1 is 1.31 bits per heavy atom. The summed E-state index contributed by atoms with van der Waals surface area (Å²) in [7, 11) is 0. The fourth-order valence-electron chi connectivity index (χ4n) is 1.14. The van der Waals surface area contributed by atoms with Gasteiger partial charge in [-0.25, -0.2) is 4.39 Å². The van der Waals surface area contributed by atoms with Crippen molar-refractivity contribution in [2.45, 2.75) is 18.6 Å². The Balaban J connectivity index is 2.50. The number of aliphatic hydroxyl groups is 1. The third kappa shape index (κ3) is 3.13. The lowest BCUT2D eigenvalue weighted by molar-refractivity contribution is 0.113. The van der Waals surface area contributed by atoms with Crippen LogP contribution >= 0.6 is 0 Å². The first-order chi connectivity index (χ1) is 6.24. The summed E-state index contributed by atoms with van der Waals surface area (Å²) in [6.07, 6.45) is -0.549. The normalized spacial score (nSPS) is 15.3. The molecule has 0 radical (unpaired) electrons. The third-order valence-corrected chi connectivity index (χ3v) is 1.97. The van der Waals surface area contributed by atoms with Crippen LogP contribution in [0, 0.1) is 0 Å². The molecule has 0 aliphatic rings. The summed E-state index contributed by atoms with van der Waals surface area (Å²) < 4.78 is 12.0. The van der Waals surface area contributed by atoms with Crippen molar-refractivity contribution in [2.75, 3.05) is 6.67 Å². The lowest BCUT2D eigenvalue weighted by Crippen LogP contribution is -2.37. The molecular formula is C10H14FNO. The minimum absolute atomic E-state index is 0.506. The van der Waals surface area contributed by atoms with Gasteiger partial charge in [0.25, 0.3) is 0 Å². The quantitative estimate of drug-likeness (QED) is 0.728. The van der Waals surface area contributed by atoms with E-state index in [4.69, 9.17) is 10.8 Å². The van der Waals surface area contributed by atoms with Crippen molar-refractivity contribution in [3.05, 3.63) is 35.9 Å². The van der Waals surface area contributed by atoms with Crippen LogP contribution in [-0.2, 0) is 6.42 Å². The molecule has 0 aliphatic heterocycles. The molecule has 0 fully saturated rings. The van der Waals surface area contributed by atoms with Crippen LogP contribution in [0.3, 0.4) is 0 Å². The molecule has 2 atom stereocenters. The van der Waals surface area contributed by atoms with Gasteiger partial charge in [-0.1, -0.05) is 30.3 Å². The van der Waals surface area contributed by atoms with E-state index >= 15 is 0 Å². The molecule has 0 aromatic heterocycles. The van der Waals surface area contributed by atoms with Crippen LogP contribution in [-0.4, -0.2) is 23.9 Å². The molecule has 72 valence electrons. The SMILES string of the molecule is N[C@H](Cc1ccccc1)[C@H](O)CF. The highest BCUT2D eigenvalue weighted by Crippen LogP contribution is 2.04. The van der Waals surface area contributed by atoms with Crippen molar-refractivity contribution >= 4 is 0 Å². The first kappa shape index (κ1) is 10.2. The molecule has 1 aromatic carbocycles. The second kappa shape index (κ2) is 4.94. The molecule has 0 aliphatic carbocycles. The monoisotopic (exact) mass is 183 g/mol. The first-order valence-electron chi connectivity index (χ1n) is 4.27. The minimum Gasteiger partial charge on any atom is -0.389 e. The number of alkyl halides is 1. The highest BCUT2D eigenvalue weighted by atomic mass is 19.1. The van der Waals surface area contributed by atoms with Crippen molar-refractivity contribution < 1.29 is 9.50 Å². The summed E-state index contributed by atoms with van der Waals surface area (Å²) in [5.41, 5.74) is 6.59. The number of benzene rings is 1. The Labute approximate surface area is 77.2 Å². The maximum Gasteiger partial charge on any atom is 0.117 e. The van der Waals surface area contributed by atoms with Gasteiger partial charge in [-0.2, -0.15) is 0 Å². The number of hydrogen-bond donors (Lipinski definition) is 2. The third-order valence-electron chi connectivity index (χ3n) is 1.97. The average Bonchev–Trinajstić information content (AvgIpc) is 2.18. The van der Waals surface area contributed by atoms with Crippen LogP contribution in [0.5, 0.6) is 0 Å². The zero-order chi connectivity index (χ0) is 9.68. The Hall–Kier alpha value is -0.930. The van der Waals surface area contributed by atoms with Crippen molar-refractivity contribution in [3.63, 3.8) is 0 Å². The molecule has 3 N–H and O–H groups in total. The molecule has 0 bridgehead atoms. The Bertz CT molecular complexity index is 240. The Morgan fingerprint density at radius 2 is 1.92 bits per heavy atom. The van der Waals surface area contributed by atoms with E-state index in [1.807, 2.05) is 30.3 Å². The number of aliphatic hydroxyl groups excluding tert-OH is 1. The fourth-order valence-corrected chi connectivity index (χ4v) is 1.14. The van der Waals surface area contributed by atoms with Crippen molar-refractivity contribution in [1.82, 2.24) is 0 Å². The molecule has 2 nitrogen and oxygen atoms in total. The predicted octanol–water partition coefficient (Wildman–Crippen LogP) is 0.887. The van der Waals surface area contributed by atoms with Gasteiger partial charge >= 0.3 is 0 Å². The van der Waals surface area contributed by atoms with Gasteiger partial charge in [0, 0.05) is 6.04 Å². The van der Waals surface area contributed by atoms with E-state index in [0.717, 1.165) is 5.56 Å². The topological polar surface area (TPSA) is 46.2 Å². The van der Waals surface area contributed by atoms with Gasteiger partial charge in [0.1, 0.15) is 6.67 Å². The molecule has 0 saturated heterocycles.